The zero-order chi connectivity index (χ0) is 9.84. The van der Waals surface area contributed by atoms with Gasteiger partial charge in [-0.1, -0.05) is 0 Å². The quantitative estimate of drug-likeness (QED) is 0.631. The lowest BCUT2D eigenvalue weighted by atomic mass is 10.2. The molecule has 0 atom stereocenters. The summed E-state index contributed by atoms with van der Waals surface area (Å²) in [6.07, 6.45) is 0. The second-order valence-corrected chi connectivity index (χ2v) is 3.24. The first kappa shape index (κ1) is 10.2. The third-order valence-corrected chi connectivity index (χ3v) is 2.12. The predicted octanol–water partition coefficient (Wildman–Crippen LogP) is 2.95. The molecule has 0 aliphatic heterocycles. The Hall–Kier alpha value is -0.900. The lowest BCUT2D eigenvalue weighted by molar-refractivity contribution is 0.325. The second-order valence-electron chi connectivity index (χ2n) is 2.39. The van der Waals surface area contributed by atoms with E-state index in [1.165, 1.54) is 18.2 Å². The van der Waals surface area contributed by atoms with Crippen molar-refractivity contribution < 1.29 is 9.13 Å². The molecule has 0 aliphatic rings. The molecule has 0 saturated heterocycles. The third kappa shape index (κ3) is 2.52. The van der Waals surface area contributed by atoms with Crippen LogP contribution >= 0.6 is 15.9 Å². The standard InChI is InChI=1S/C9H9BrFNO/c1-2-13-9(12)7-4-3-6(11)5-8(7)10/h3-5,12H,2H2,1H3. The van der Waals surface area contributed by atoms with Crippen LogP contribution in [0.1, 0.15) is 12.5 Å². The Bertz CT molecular complexity index is 327. The third-order valence-electron chi connectivity index (χ3n) is 1.46. The smallest absolute Gasteiger partial charge is 0.214 e. The molecule has 0 unspecified atom stereocenters. The van der Waals surface area contributed by atoms with E-state index in [2.05, 4.69) is 15.9 Å². The number of nitrogens with one attached hydrogen (secondary N) is 1. The Morgan fingerprint density at radius 1 is 1.62 bits per heavy atom. The number of hydrogen-bond donors (Lipinski definition) is 1. The number of halogens is 2. The Kier molecular flexibility index (Phi) is 3.42. The molecule has 0 bridgehead atoms. The van der Waals surface area contributed by atoms with Crippen molar-refractivity contribution in [3.8, 4) is 0 Å². The molecule has 4 heteroatoms. The van der Waals surface area contributed by atoms with Gasteiger partial charge in [0, 0.05) is 4.47 Å². The summed E-state index contributed by atoms with van der Waals surface area (Å²) < 4.78 is 18.2. The van der Waals surface area contributed by atoms with E-state index >= 15 is 0 Å². The van der Waals surface area contributed by atoms with Crippen LogP contribution in [0.4, 0.5) is 4.39 Å². The van der Waals surface area contributed by atoms with Crippen LogP contribution in [-0.4, -0.2) is 12.5 Å². The normalized spacial score (nSPS) is 9.77. The van der Waals surface area contributed by atoms with Crippen molar-refractivity contribution in [2.45, 2.75) is 6.92 Å². The lowest BCUT2D eigenvalue weighted by Gasteiger charge is -2.06. The number of ether oxygens (including phenoxy) is 1. The van der Waals surface area contributed by atoms with Crippen molar-refractivity contribution in [1.82, 2.24) is 0 Å². The van der Waals surface area contributed by atoms with E-state index in [1.54, 1.807) is 6.92 Å². The van der Waals surface area contributed by atoms with Gasteiger partial charge >= 0.3 is 0 Å². The molecule has 1 aromatic carbocycles. The molecule has 1 aromatic rings. The van der Waals surface area contributed by atoms with E-state index in [-0.39, 0.29) is 11.7 Å². The maximum absolute atomic E-state index is 12.7. The summed E-state index contributed by atoms with van der Waals surface area (Å²) in [5, 5.41) is 7.47. The number of hydrogen-bond acceptors (Lipinski definition) is 2. The maximum atomic E-state index is 12.7. The summed E-state index contributed by atoms with van der Waals surface area (Å²) in [4.78, 5) is 0. The van der Waals surface area contributed by atoms with Crippen molar-refractivity contribution >= 4 is 21.8 Å². The highest BCUT2D eigenvalue weighted by atomic mass is 79.9. The zero-order valence-corrected chi connectivity index (χ0v) is 8.69. The molecule has 0 spiro atoms. The fraction of sp³-hybridized carbons (Fsp3) is 0.222. The SMILES string of the molecule is CCOC(=N)c1ccc(F)cc1Br. The highest BCUT2D eigenvalue weighted by Crippen LogP contribution is 2.18. The van der Waals surface area contributed by atoms with E-state index in [9.17, 15) is 4.39 Å². The molecule has 2 nitrogen and oxygen atoms in total. The van der Waals surface area contributed by atoms with Gasteiger partial charge in [-0.25, -0.2) is 4.39 Å². The van der Waals surface area contributed by atoms with Gasteiger partial charge in [0.2, 0.25) is 5.90 Å². The van der Waals surface area contributed by atoms with Crippen LogP contribution in [0.25, 0.3) is 0 Å². The summed E-state index contributed by atoms with van der Waals surface area (Å²) in [6.45, 7) is 2.23. The molecule has 1 rings (SSSR count). The van der Waals surface area contributed by atoms with Gasteiger partial charge in [-0.2, -0.15) is 0 Å². The summed E-state index contributed by atoms with van der Waals surface area (Å²) in [7, 11) is 0. The van der Waals surface area contributed by atoms with E-state index in [1.807, 2.05) is 0 Å². The molecular weight excluding hydrogens is 237 g/mol. The average Bonchev–Trinajstić information content (AvgIpc) is 2.04. The molecule has 13 heavy (non-hydrogen) atoms. The Morgan fingerprint density at radius 2 is 2.31 bits per heavy atom. The Morgan fingerprint density at radius 3 is 2.85 bits per heavy atom. The fourth-order valence-corrected chi connectivity index (χ4v) is 1.43. The van der Waals surface area contributed by atoms with Crippen molar-refractivity contribution in [3.63, 3.8) is 0 Å². The Balaban J connectivity index is 2.95. The van der Waals surface area contributed by atoms with Gasteiger partial charge in [-0.15, -0.1) is 0 Å². The minimum Gasteiger partial charge on any atom is -0.478 e. The zero-order valence-electron chi connectivity index (χ0n) is 7.10. The lowest BCUT2D eigenvalue weighted by Crippen LogP contribution is -2.05. The van der Waals surface area contributed by atoms with Crippen LogP contribution < -0.4 is 0 Å². The summed E-state index contributed by atoms with van der Waals surface area (Å²) in [5.74, 6) is -0.283. The molecule has 0 aliphatic carbocycles. The summed E-state index contributed by atoms with van der Waals surface area (Å²) in [5.41, 5.74) is 0.559. The number of benzene rings is 1. The van der Waals surface area contributed by atoms with Crippen LogP contribution in [0.3, 0.4) is 0 Å². The van der Waals surface area contributed by atoms with E-state index in [0.29, 0.717) is 16.6 Å². The van der Waals surface area contributed by atoms with Crippen molar-refractivity contribution in [1.29, 1.82) is 5.41 Å². The van der Waals surface area contributed by atoms with Gasteiger partial charge in [0.05, 0.1) is 12.2 Å². The fourth-order valence-electron chi connectivity index (χ4n) is 0.896. The van der Waals surface area contributed by atoms with Crippen molar-refractivity contribution in [2.75, 3.05) is 6.61 Å². The van der Waals surface area contributed by atoms with Crippen molar-refractivity contribution in [2.24, 2.45) is 0 Å². The molecular formula is C9H9BrFNO. The van der Waals surface area contributed by atoms with Crippen LogP contribution in [0.15, 0.2) is 22.7 Å². The van der Waals surface area contributed by atoms with Gasteiger partial charge in [0.15, 0.2) is 0 Å². The molecule has 0 aromatic heterocycles. The monoisotopic (exact) mass is 245 g/mol. The van der Waals surface area contributed by atoms with E-state index in [4.69, 9.17) is 10.1 Å². The minimum absolute atomic E-state index is 0.0503. The van der Waals surface area contributed by atoms with E-state index in [0.717, 1.165) is 0 Å². The molecule has 0 heterocycles. The van der Waals surface area contributed by atoms with E-state index < -0.39 is 0 Å². The van der Waals surface area contributed by atoms with Gasteiger partial charge in [-0.05, 0) is 41.1 Å². The van der Waals surface area contributed by atoms with Gasteiger partial charge in [-0.3, -0.25) is 5.41 Å². The number of rotatable bonds is 2. The van der Waals surface area contributed by atoms with Crippen LogP contribution in [-0.2, 0) is 4.74 Å². The van der Waals surface area contributed by atoms with Gasteiger partial charge in [0.25, 0.3) is 0 Å². The topological polar surface area (TPSA) is 33.1 Å². The molecule has 70 valence electrons. The second kappa shape index (κ2) is 4.37. The molecule has 0 amide bonds. The average molecular weight is 246 g/mol. The largest absolute Gasteiger partial charge is 0.478 e. The van der Waals surface area contributed by atoms with Crippen LogP contribution in [0.2, 0.25) is 0 Å². The van der Waals surface area contributed by atoms with Gasteiger partial charge < -0.3 is 4.74 Å². The molecule has 1 N–H and O–H groups in total. The highest BCUT2D eigenvalue weighted by Gasteiger charge is 2.07. The van der Waals surface area contributed by atoms with Gasteiger partial charge in [0.1, 0.15) is 5.82 Å². The van der Waals surface area contributed by atoms with Crippen LogP contribution in [0, 0.1) is 11.2 Å². The highest BCUT2D eigenvalue weighted by molar-refractivity contribution is 9.10. The first-order valence-electron chi connectivity index (χ1n) is 3.82. The minimum atomic E-state index is -0.333. The first-order chi connectivity index (χ1) is 6.15. The molecule has 0 fully saturated rings. The first-order valence-corrected chi connectivity index (χ1v) is 4.61. The van der Waals surface area contributed by atoms with Crippen LogP contribution in [0.5, 0.6) is 0 Å². The summed E-state index contributed by atoms with van der Waals surface area (Å²) in [6, 6.07) is 4.12. The molecule has 0 radical (unpaired) electrons. The molecule has 0 saturated carbocycles. The maximum Gasteiger partial charge on any atom is 0.214 e. The summed E-state index contributed by atoms with van der Waals surface area (Å²) >= 11 is 3.16. The van der Waals surface area contributed by atoms with Crippen molar-refractivity contribution in [3.05, 3.63) is 34.1 Å². The Labute approximate surface area is 84.4 Å². The predicted molar refractivity (Wildman–Crippen MR) is 52.6 cm³/mol.